The lowest BCUT2D eigenvalue weighted by atomic mass is 9.84. The number of hydrogen-bond donors (Lipinski definition) is 4. The van der Waals surface area contributed by atoms with Gasteiger partial charge in [0.05, 0.1) is 23.9 Å². The number of aromatic nitrogens is 1. The molecule has 1 saturated heterocycles. The number of methoxy groups -OCH3 is 1. The molecule has 3 rings (SSSR count). The van der Waals surface area contributed by atoms with Crippen molar-refractivity contribution in [3.63, 3.8) is 0 Å². The third-order valence-corrected chi connectivity index (χ3v) is 6.71. The fraction of sp³-hybridized carbons (Fsp3) is 0.565. The van der Waals surface area contributed by atoms with Crippen LogP contribution in [0.3, 0.4) is 0 Å². The molecule has 1 saturated carbocycles. The Hall–Kier alpha value is -2.65. The number of carbonyl (C=O) groups is 2. The quantitative estimate of drug-likeness (QED) is 0.443. The smallest absolute Gasteiger partial charge is 0.271 e. The summed E-state index contributed by atoms with van der Waals surface area (Å²) in [4.78, 5) is 30.8. The molecule has 10 heteroatoms. The van der Waals surface area contributed by atoms with E-state index in [0.717, 1.165) is 32.1 Å². The van der Waals surface area contributed by atoms with E-state index in [-0.39, 0.29) is 34.8 Å². The van der Waals surface area contributed by atoms with E-state index in [2.05, 4.69) is 10.3 Å². The van der Waals surface area contributed by atoms with Gasteiger partial charge in [0.15, 0.2) is 0 Å². The van der Waals surface area contributed by atoms with Crippen molar-refractivity contribution in [2.24, 2.45) is 11.7 Å². The van der Waals surface area contributed by atoms with Gasteiger partial charge in [-0.15, -0.1) is 0 Å². The number of rotatable bonds is 7. The van der Waals surface area contributed by atoms with Crippen molar-refractivity contribution in [3.05, 3.63) is 28.9 Å². The number of aliphatic hydroxyl groups is 1. The van der Waals surface area contributed by atoms with Crippen molar-refractivity contribution in [2.75, 3.05) is 26.7 Å². The summed E-state index contributed by atoms with van der Waals surface area (Å²) in [6.45, 7) is 1.03. The first-order chi connectivity index (χ1) is 15.7. The van der Waals surface area contributed by atoms with E-state index in [9.17, 15) is 14.7 Å². The number of carbonyl (C=O) groups excluding carboxylic acids is 2. The minimum Gasteiger partial charge on any atom is -0.481 e. The van der Waals surface area contributed by atoms with E-state index >= 15 is 0 Å². The van der Waals surface area contributed by atoms with Gasteiger partial charge < -0.3 is 25.8 Å². The van der Waals surface area contributed by atoms with Crippen molar-refractivity contribution in [1.82, 2.24) is 15.2 Å². The van der Waals surface area contributed by atoms with Crippen LogP contribution in [-0.4, -0.2) is 64.9 Å². The lowest BCUT2D eigenvalue weighted by molar-refractivity contribution is -0.132. The standard InChI is InChI=1S/C23H32ClN5O4/c1-33-20-11-16(17(24)13-27-20)18(25)12-19(26)22(31)29-9-5-15(6-10-29)21(30)28-14-23(32)7-3-2-4-8-23/h11-13,15,26,32H,2-10,14,25H2,1H3,(H,28,30)/b18-12-,26-19?. The molecule has 180 valence electrons. The van der Waals surface area contributed by atoms with Crippen molar-refractivity contribution >= 4 is 34.8 Å². The van der Waals surface area contributed by atoms with Crippen molar-refractivity contribution in [2.45, 2.75) is 50.5 Å². The molecule has 0 radical (unpaired) electrons. The zero-order valence-electron chi connectivity index (χ0n) is 18.9. The van der Waals surface area contributed by atoms with Gasteiger partial charge in [-0.2, -0.15) is 0 Å². The van der Waals surface area contributed by atoms with Crippen LogP contribution in [0.2, 0.25) is 5.02 Å². The minimum absolute atomic E-state index is 0.0819. The molecule has 5 N–H and O–H groups in total. The van der Waals surface area contributed by atoms with Crippen LogP contribution in [0.5, 0.6) is 5.88 Å². The number of piperidine rings is 1. The predicted molar refractivity (Wildman–Crippen MR) is 126 cm³/mol. The molecule has 1 aromatic rings. The summed E-state index contributed by atoms with van der Waals surface area (Å²) in [6, 6.07) is 1.54. The Morgan fingerprint density at radius 1 is 1.36 bits per heavy atom. The number of pyridine rings is 1. The zero-order chi connectivity index (χ0) is 24.0. The van der Waals surface area contributed by atoms with Gasteiger partial charge in [0.2, 0.25) is 11.8 Å². The van der Waals surface area contributed by atoms with Crippen LogP contribution >= 0.6 is 11.6 Å². The Bertz CT molecular complexity index is 921. The average molecular weight is 478 g/mol. The van der Waals surface area contributed by atoms with Gasteiger partial charge in [0.1, 0.15) is 5.71 Å². The van der Waals surface area contributed by atoms with E-state index in [1.165, 1.54) is 19.4 Å². The highest BCUT2D eigenvalue weighted by Gasteiger charge is 2.32. The number of nitrogens with one attached hydrogen (secondary N) is 2. The molecule has 0 unspecified atom stereocenters. The predicted octanol–water partition coefficient (Wildman–Crippen LogP) is 2.11. The van der Waals surface area contributed by atoms with E-state index in [1.54, 1.807) is 11.0 Å². The third-order valence-electron chi connectivity index (χ3n) is 6.41. The summed E-state index contributed by atoms with van der Waals surface area (Å²) in [5.41, 5.74) is 5.59. The largest absolute Gasteiger partial charge is 0.481 e. The highest BCUT2D eigenvalue weighted by atomic mass is 35.5. The average Bonchev–Trinajstić information content (AvgIpc) is 2.83. The minimum atomic E-state index is -0.798. The lowest BCUT2D eigenvalue weighted by Gasteiger charge is -2.34. The van der Waals surface area contributed by atoms with E-state index in [0.29, 0.717) is 37.4 Å². The molecule has 0 bridgehead atoms. The molecule has 33 heavy (non-hydrogen) atoms. The number of nitrogens with two attached hydrogens (primary N) is 1. The van der Waals surface area contributed by atoms with E-state index in [1.807, 2.05) is 0 Å². The normalized spacial score (nSPS) is 19.1. The molecule has 2 amide bonds. The molecule has 2 fully saturated rings. The van der Waals surface area contributed by atoms with Gasteiger partial charge in [0.25, 0.3) is 5.91 Å². The number of ether oxygens (including phenoxy) is 1. The number of halogens is 1. The highest BCUT2D eigenvalue weighted by molar-refractivity contribution is 6.43. The number of likely N-dealkylation sites (tertiary alicyclic amines) is 1. The van der Waals surface area contributed by atoms with Crippen LogP contribution in [0.1, 0.15) is 50.5 Å². The molecule has 9 nitrogen and oxygen atoms in total. The van der Waals surface area contributed by atoms with Crippen LogP contribution < -0.4 is 15.8 Å². The fourth-order valence-corrected chi connectivity index (χ4v) is 4.56. The van der Waals surface area contributed by atoms with Gasteiger partial charge in [-0.1, -0.05) is 30.9 Å². The Morgan fingerprint density at radius 3 is 2.67 bits per heavy atom. The van der Waals surface area contributed by atoms with Crippen LogP contribution in [0, 0.1) is 11.3 Å². The maximum Gasteiger partial charge on any atom is 0.271 e. The maximum atomic E-state index is 12.7. The van der Waals surface area contributed by atoms with Crippen LogP contribution in [0.15, 0.2) is 18.3 Å². The van der Waals surface area contributed by atoms with Crippen LogP contribution in [-0.2, 0) is 9.59 Å². The molecule has 1 aromatic heterocycles. The SMILES string of the molecule is COc1cc(/C(N)=C/C(=N)C(=O)N2CCC(C(=O)NCC3(O)CCCCC3)CC2)c(Cl)cn1. The van der Waals surface area contributed by atoms with Gasteiger partial charge >= 0.3 is 0 Å². The van der Waals surface area contributed by atoms with Crippen LogP contribution in [0.4, 0.5) is 0 Å². The molecule has 2 aliphatic rings. The molecule has 1 aliphatic carbocycles. The number of amides is 2. The summed E-state index contributed by atoms with van der Waals surface area (Å²) < 4.78 is 5.07. The van der Waals surface area contributed by atoms with Gasteiger partial charge in [-0.3, -0.25) is 15.0 Å². The molecule has 0 spiro atoms. The van der Waals surface area contributed by atoms with Crippen molar-refractivity contribution in [3.8, 4) is 5.88 Å². The lowest BCUT2D eigenvalue weighted by Crippen LogP contribution is -2.48. The highest BCUT2D eigenvalue weighted by Crippen LogP contribution is 2.28. The van der Waals surface area contributed by atoms with Gasteiger partial charge in [0, 0.05) is 42.9 Å². The molecule has 2 heterocycles. The summed E-state index contributed by atoms with van der Waals surface area (Å²) >= 11 is 6.13. The van der Waals surface area contributed by atoms with Crippen molar-refractivity contribution in [1.29, 1.82) is 5.41 Å². The molecule has 0 aromatic carbocycles. The monoisotopic (exact) mass is 477 g/mol. The van der Waals surface area contributed by atoms with E-state index in [4.69, 9.17) is 27.5 Å². The number of hydrogen-bond acceptors (Lipinski definition) is 7. The summed E-state index contributed by atoms with van der Waals surface area (Å²) in [7, 11) is 1.47. The zero-order valence-corrected chi connectivity index (χ0v) is 19.7. The number of nitrogens with zero attached hydrogens (tertiary/aromatic N) is 2. The third kappa shape index (κ3) is 6.45. The topological polar surface area (TPSA) is 142 Å². The van der Waals surface area contributed by atoms with Crippen molar-refractivity contribution < 1.29 is 19.4 Å². The first kappa shape index (κ1) is 25.0. The maximum absolute atomic E-state index is 12.7. The van der Waals surface area contributed by atoms with Crippen LogP contribution in [0.25, 0.3) is 5.70 Å². The second-order valence-corrected chi connectivity index (χ2v) is 9.20. The first-order valence-corrected chi connectivity index (χ1v) is 11.7. The fourth-order valence-electron chi connectivity index (χ4n) is 4.35. The van der Waals surface area contributed by atoms with Gasteiger partial charge in [-0.05, 0) is 31.8 Å². The summed E-state index contributed by atoms with van der Waals surface area (Å²) in [5, 5.41) is 21.9. The Morgan fingerprint density at radius 2 is 2.03 bits per heavy atom. The van der Waals surface area contributed by atoms with E-state index < -0.39 is 11.5 Å². The Balaban J connectivity index is 1.51. The summed E-state index contributed by atoms with van der Waals surface area (Å²) in [6.07, 6.45) is 8.22. The molecule has 0 atom stereocenters. The first-order valence-electron chi connectivity index (χ1n) is 11.3. The summed E-state index contributed by atoms with van der Waals surface area (Å²) in [5.74, 6) is -0.425. The second kappa shape index (κ2) is 11.0. The second-order valence-electron chi connectivity index (χ2n) is 8.79. The molecular weight excluding hydrogens is 446 g/mol. The molecular formula is C23H32ClN5O4. The van der Waals surface area contributed by atoms with Gasteiger partial charge in [-0.25, -0.2) is 4.98 Å². The molecule has 1 aliphatic heterocycles. The Kier molecular flexibility index (Phi) is 8.31. The Labute approximate surface area is 198 Å².